The molecule has 0 unspecified atom stereocenters. The molecule has 0 spiro atoms. The van der Waals surface area contributed by atoms with E-state index in [2.05, 4.69) is 20.3 Å². The number of pyridine rings is 1. The first-order chi connectivity index (χ1) is 8.38. The fourth-order valence-electron chi connectivity index (χ4n) is 1.55. The summed E-state index contributed by atoms with van der Waals surface area (Å²) in [4.78, 5) is 11.3. The van der Waals surface area contributed by atoms with Crippen molar-refractivity contribution in [3.8, 4) is 5.88 Å². The third-order valence-corrected chi connectivity index (χ3v) is 2.42. The molecule has 2 rings (SSSR count). The van der Waals surface area contributed by atoms with Gasteiger partial charge in [0.2, 0.25) is 5.88 Å². The number of rotatable bonds is 6. The zero-order chi connectivity index (χ0) is 11.9. The number of aromatic nitrogens is 3. The lowest BCUT2D eigenvalue weighted by atomic mass is 10.3. The Hall–Kier alpha value is -2.04. The van der Waals surface area contributed by atoms with E-state index >= 15 is 0 Å². The van der Waals surface area contributed by atoms with E-state index < -0.39 is 0 Å². The SMILES string of the molecule is COc1cc(NCCCc2ncc[nH]2)ccn1. The number of H-pyrrole nitrogens is 1. The molecule has 0 atom stereocenters. The molecule has 5 nitrogen and oxygen atoms in total. The summed E-state index contributed by atoms with van der Waals surface area (Å²) < 4.78 is 5.05. The second kappa shape index (κ2) is 5.89. The summed E-state index contributed by atoms with van der Waals surface area (Å²) in [6.07, 6.45) is 7.32. The molecule has 0 aliphatic rings. The van der Waals surface area contributed by atoms with E-state index in [1.54, 1.807) is 19.5 Å². The van der Waals surface area contributed by atoms with Crippen LogP contribution < -0.4 is 10.1 Å². The largest absolute Gasteiger partial charge is 0.481 e. The highest BCUT2D eigenvalue weighted by Gasteiger charge is 1.97. The van der Waals surface area contributed by atoms with Crippen LogP contribution >= 0.6 is 0 Å². The number of methoxy groups -OCH3 is 1. The predicted molar refractivity (Wildman–Crippen MR) is 66.2 cm³/mol. The Labute approximate surface area is 100 Å². The summed E-state index contributed by atoms with van der Waals surface area (Å²) in [5, 5.41) is 3.32. The van der Waals surface area contributed by atoms with Crippen molar-refractivity contribution in [1.29, 1.82) is 0 Å². The standard InChI is InChI=1S/C12H16N4O/c1-17-12-9-10(4-6-16-12)13-5-2-3-11-14-7-8-15-11/h4,6-9H,2-3,5H2,1H3,(H,13,16)(H,14,15). The second-order valence-corrected chi connectivity index (χ2v) is 3.65. The van der Waals surface area contributed by atoms with Gasteiger partial charge in [-0.2, -0.15) is 0 Å². The topological polar surface area (TPSA) is 62.8 Å². The number of anilines is 1. The van der Waals surface area contributed by atoms with Crippen LogP contribution in [0.5, 0.6) is 5.88 Å². The first kappa shape index (κ1) is 11.4. The van der Waals surface area contributed by atoms with Crippen LogP contribution in [0, 0.1) is 0 Å². The molecule has 0 amide bonds. The van der Waals surface area contributed by atoms with Gasteiger partial charge in [-0.05, 0) is 12.5 Å². The minimum absolute atomic E-state index is 0.626. The average Bonchev–Trinajstić information content (AvgIpc) is 2.88. The maximum atomic E-state index is 5.05. The average molecular weight is 232 g/mol. The lowest BCUT2D eigenvalue weighted by Crippen LogP contribution is -2.04. The van der Waals surface area contributed by atoms with Crippen LogP contribution in [0.1, 0.15) is 12.2 Å². The van der Waals surface area contributed by atoms with Crippen LogP contribution in [-0.2, 0) is 6.42 Å². The lowest BCUT2D eigenvalue weighted by molar-refractivity contribution is 0.398. The quantitative estimate of drug-likeness (QED) is 0.746. The third-order valence-electron chi connectivity index (χ3n) is 2.42. The number of aryl methyl sites for hydroxylation is 1. The Bertz CT molecular complexity index is 442. The summed E-state index contributed by atoms with van der Waals surface area (Å²) in [6.45, 7) is 0.897. The minimum Gasteiger partial charge on any atom is -0.481 e. The molecular weight excluding hydrogens is 216 g/mol. The lowest BCUT2D eigenvalue weighted by Gasteiger charge is -2.06. The molecule has 0 aromatic carbocycles. The predicted octanol–water partition coefficient (Wildman–Crippen LogP) is 1.86. The zero-order valence-corrected chi connectivity index (χ0v) is 9.81. The van der Waals surface area contributed by atoms with Crippen LogP contribution in [0.2, 0.25) is 0 Å². The number of ether oxygens (including phenoxy) is 1. The second-order valence-electron chi connectivity index (χ2n) is 3.65. The number of hydrogen-bond acceptors (Lipinski definition) is 4. The number of nitrogens with one attached hydrogen (secondary N) is 2. The van der Waals surface area contributed by atoms with Crippen LogP contribution in [0.4, 0.5) is 5.69 Å². The van der Waals surface area contributed by atoms with Crippen molar-refractivity contribution in [2.75, 3.05) is 19.0 Å². The molecular formula is C12H16N4O. The van der Waals surface area contributed by atoms with E-state index in [0.29, 0.717) is 5.88 Å². The van der Waals surface area contributed by atoms with Gasteiger partial charge in [0.05, 0.1) is 7.11 Å². The van der Waals surface area contributed by atoms with E-state index in [-0.39, 0.29) is 0 Å². The first-order valence-corrected chi connectivity index (χ1v) is 5.60. The van der Waals surface area contributed by atoms with Gasteiger partial charge in [0, 0.05) is 43.3 Å². The molecule has 2 aromatic rings. The van der Waals surface area contributed by atoms with Crippen molar-refractivity contribution in [3.63, 3.8) is 0 Å². The molecule has 0 radical (unpaired) electrons. The molecule has 2 heterocycles. The normalized spacial score (nSPS) is 10.2. The highest BCUT2D eigenvalue weighted by molar-refractivity contribution is 5.44. The van der Waals surface area contributed by atoms with Gasteiger partial charge in [-0.15, -0.1) is 0 Å². The molecule has 2 N–H and O–H groups in total. The van der Waals surface area contributed by atoms with Gasteiger partial charge < -0.3 is 15.0 Å². The van der Waals surface area contributed by atoms with Crippen molar-refractivity contribution >= 4 is 5.69 Å². The van der Waals surface area contributed by atoms with Crippen molar-refractivity contribution < 1.29 is 4.74 Å². The van der Waals surface area contributed by atoms with Crippen LogP contribution in [-0.4, -0.2) is 28.6 Å². The molecule has 0 bridgehead atoms. The summed E-state index contributed by atoms with van der Waals surface area (Å²) in [5.74, 6) is 1.65. The van der Waals surface area contributed by atoms with E-state index in [1.165, 1.54) is 0 Å². The summed E-state index contributed by atoms with van der Waals surface area (Å²) in [7, 11) is 1.61. The Balaban J connectivity index is 1.74. The van der Waals surface area contributed by atoms with Gasteiger partial charge in [-0.25, -0.2) is 9.97 Å². The molecule has 2 aromatic heterocycles. The molecule has 5 heteroatoms. The third kappa shape index (κ3) is 3.48. The van der Waals surface area contributed by atoms with Crippen molar-refractivity contribution in [3.05, 3.63) is 36.5 Å². The maximum absolute atomic E-state index is 5.05. The van der Waals surface area contributed by atoms with Gasteiger partial charge in [-0.3, -0.25) is 0 Å². The number of hydrogen-bond donors (Lipinski definition) is 2. The Morgan fingerprint density at radius 1 is 1.35 bits per heavy atom. The number of imidazole rings is 1. The van der Waals surface area contributed by atoms with Crippen molar-refractivity contribution in [2.24, 2.45) is 0 Å². The summed E-state index contributed by atoms with van der Waals surface area (Å²) in [6, 6.07) is 3.81. The zero-order valence-electron chi connectivity index (χ0n) is 9.81. The Kier molecular flexibility index (Phi) is 3.96. The Morgan fingerprint density at radius 3 is 3.06 bits per heavy atom. The molecule has 0 aliphatic heterocycles. The van der Waals surface area contributed by atoms with Crippen LogP contribution in [0.3, 0.4) is 0 Å². The highest BCUT2D eigenvalue weighted by Crippen LogP contribution is 2.13. The summed E-state index contributed by atoms with van der Waals surface area (Å²) in [5.41, 5.74) is 1.02. The monoisotopic (exact) mass is 232 g/mol. The first-order valence-electron chi connectivity index (χ1n) is 5.60. The van der Waals surface area contributed by atoms with Gasteiger partial charge in [0.1, 0.15) is 5.82 Å². The maximum Gasteiger partial charge on any atom is 0.214 e. The highest BCUT2D eigenvalue weighted by atomic mass is 16.5. The Morgan fingerprint density at radius 2 is 2.29 bits per heavy atom. The van der Waals surface area contributed by atoms with Crippen molar-refractivity contribution in [2.45, 2.75) is 12.8 Å². The fraction of sp³-hybridized carbons (Fsp3) is 0.333. The van der Waals surface area contributed by atoms with E-state index in [1.807, 2.05) is 18.3 Å². The molecule has 0 saturated heterocycles. The van der Waals surface area contributed by atoms with E-state index in [0.717, 1.165) is 30.9 Å². The fourth-order valence-corrected chi connectivity index (χ4v) is 1.55. The molecule has 17 heavy (non-hydrogen) atoms. The van der Waals surface area contributed by atoms with E-state index in [9.17, 15) is 0 Å². The van der Waals surface area contributed by atoms with Gasteiger partial charge >= 0.3 is 0 Å². The summed E-state index contributed by atoms with van der Waals surface area (Å²) >= 11 is 0. The van der Waals surface area contributed by atoms with Gasteiger partial charge in [0.25, 0.3) is 0 Å². The van der Waals surface area contributed by atoms with Gasteiger partial charge in [-0.1, -0.05) is 0 Å². The van der Waals surface area contributed by atoms with Gasteiger partial charge in [0.15, 0.2) is 0 Å². The molecule has 0 fully saturated rings. The molecule has 0 saturated carbocycles. The number of nitrogens with zero attached hydrogens (tertiary/aromatic N) is 2. The smallest absolute Gasteiger partial charge is 0.214 e. The van der Waals surface area contributed by atoms with E-state index in [4.69, 9.17) is 4.74 Å². The van der Waals surface area contributed by atoms with Crippen LogP contribution in [0.15, 0.2) is 30.7 Å². The van der Waals surface area contributed by atoms with Crippen LogP contribution in [0.25, 0.3) is 0 Å². The minimum atomic E-state index is 0.626. The number of aromatic amines is 1. The van der Waals surface area contributed by atoms with Crippen molar-refractivity contribution in [1.82, 2.24) is 15.0 Å². The molecule has 90 valence electrons. The molecule has 0 aliphatic carbocycles.